The normalized spacial score (nSPS) is 25.3. The molecule has 0 bridgehead atoms. The van der Waals surface area contributed by atoms with E-state index < -0.39 is 21.5 Å². The summed E-state index contributed by atoms with van der Waals surface area (Å²) in [6, 6.07) is 0. The molecule has 12 heavy (non-hydrogen) atoms. The molecule has 1 atom stereocenters. The second-order valence-electron chi connectivity index (χ2n) is 2.31. The number of carbonyl (C=O) groups is 2. The summed E-state index contributed by atoms with van der Waals surface area (Å²) in [6.45, 7) is 0. The average molecular weight is 295 g/mol. The molecule has 0 aromatic rings. The van der Waals surface area contributed by atoms with Crippen LogP contribution in [0.3, 0.4) is 0 Å². The van der Waals surface area contributed by atoms with Crippen molar-refractivity contribution in [1.29, 1.82) is 0 Å². The Morgan fingerprint density at radius 3 is 2.08 bits per heavy atom. The summed E-state index contributed by atoms with van der Waals surface area (Å²) in [5, 5.41) is 0. The number of hydrogen-bond acceptors (Lipinski definition) is 2. The van der Waals surface area contributed by atoms with Gasteiger partial charge in [0.2, 0.25) is 15.6 Å². The Labute approximate surface area is 92.3 Å². The van der Waals surface area contributed by atoms with Gasteiger partial charge in [-0.2, -0.15) is 0 Å². The molecule has 1 saturated heterocycles. The van der Waals surface area contributed by atoms with Crippen LogP contribution in [0.2, 0.25) is 0 Å². The number of alkyl halides is 3. The maximum absolute atomic E-state index is 11.2. The third kappa shape index (κ3) is 1.87. The number of nitrogens with zero attached hydrogens (tertiary/aromatic N) is 1. The molecular formula is C5H3BrCl3NO2. The first-order valence-corrected chi connectivity index (χ1v) is 4.77. The summed E-state index contributed by atoms with van der Waals surface area (Å²) in [4.78, 5) is 22.1. The van der Waals surface area contributed by atoms with E-state index in [4.69, 9.17) is 34.8 Å². The Morgan fingerprint density at radius 1 is 1.42 bits per heavy atom. The van der Waals surface area contributed by atoms with E-state index in [1.165, 1.54) is 0 Å². The van der Waals surface area contributed by atoms with Crippen LogP contribution in [0.1, 0.15) is 6.42 Å². The lowest BCUT2D eigenvalue weighted by Crippen LogP contribution is -2.27. The first-order valence-electron chi connectivity index (χ1n) is 2.93. The van der Waals surface area contributed by atoms with E-state index in [1.807, 2.05) is 0 Å². The number of halogens is 4. The summed E-state index contributed by atoms with van der Waals surface area (Å²) in [5.41, 5.74) is 0. The largest absolute Gasteiger partial charge is 0.273 e. The van der Waals surface area contributed by atoms with Gasteiger partial charge in [-0.05, 0) is 0 Å². The van der Waals surface area contributed by atoms with Gasteiger partial charge in [0.25, 0.3) is 0 Å². The third-order valence-electron chi connectivity index (χ3n) is 1.48. The molecule has 0 radical (unpaired) electrons. The van der Waals surface area contributed by atoms with Crippen molar-refractivity contribution >= 4 is 62.8 Å². The van der Waals surface area contributed by atoms with Crippen LogP contribution in [0, 0.1) is 5.92 Å². The van der Waals surface area contributed by atoms with Crippen LogP contribution in [0.25, 0.3) is 0 Å². The van der Waals surface area contributed by atoms with Crippen molar-refractivity contribution in [2.45, 2.75) is 10.2 Å². The fourth-order valence-corrected chi connectivity index (χ4v) is 1.76. The van der Waals surface area contributed by atoms with Gasteiger partial charge in [0, 0.05) is 6.42 Å². The van der Waals surface area contributed by atoms with Crippen LogP contribution in [0.15, 0.2) is 0 Å². The van der Waals surface area contributed by atoms with Gasteiger partial charge < -0.3 is 0 Å². The zero-order valence-electron chi connectivity index (χ0n) is 5.56. The highest BCUT2D eigenvalue weighted by Gasteiger charge is 2.48. The van der Waals surface area contributed by atoms with Crippen LogP contribution in [-0.4, -0.2) is 19.5 Å². The highest BCUT2D eigenvalue weighted by molar-refractivity contribution is 9.08. The third-order valence-corrected chi connectivity index (χ3v) is 3.02. The zero-order chi connectivity index (χ0) is 9.52. The van der Waals surface area contributed by atoms with Crippen LogP contribution in [0.4, 0.5) is 0 Å². The Balaban J connectivity index is 2.86. The molecule has 2 amide bonds. The Bertz CT molecular complexity index is 239. The average Bonchev–Trinajstić information content (AvgIpc) is 2.15. The molecule has 1 rings (SSSR count). The van der Waals surface area contributed by atoms with Gasteiger partial charge in [0.05, 0.1) is 22.1 Å². The fourth-order valence-electron chi connectivity index (χ4n) is 0.858. The molecule has 3 nitrogen and oxygen atoms in total. The maximum atomic E-state index is 11.2. The summed E-state index contributed by atoms with van der Waals surface area (Å²) < 4.78 is -0.922. The molecule has 0 aromatic carbocycles. The SMILES string of the molecule is O=C1CC(C(Cl)(Cl)Cl)C(=O)N1Br. The van der Waals surface area contributed by atoms with Gasteiger partial charge >= 0.3 is 0 Å². The molecular weight excluding hydrogens is 292 g/mol. The van der Waals surface area contributed by atoms with E-state index >= 15 is 0 Å². The zero-order valence-corrected chi connectivity index (χ0v) is 9.41. The van der Waals surface area contributed by atoms with E-state index in [2.05, 4.69) is 16.1 Å². The molecule has 0 saturated carbocycles. The smallest absolute Gasteiger partial charge is 0.247 e. The molecule has 68 valence electrons. The summed E-state index contributed by atoms with van der Waals surface area (Å²) >= 11 is 19.2. The quantitative estimate of drug-likeness (QED) is 0.390. The highest BCUT2D eigenvalue weighted by atomic mass is 79.9. The van der Waals surface area contributed by atoms with Crippen LogP contribution in [0.5, 0.6) is 0 Å². The van der Waals surface area contributed by atoms with Crippen molar-refractivity contribution in [2.75, 3.05) is 0 Å². The molecule has 0 aliphatic carbocycles. The summed E-state index contributed by atoms with van der Waals surface area (Å²) in [5.74, 6) is -1.79. The lowest BCUT2D eigenvalue weighted by atomic mass is 10.1. The van der Waals surface area contributed by atoms with Gasteiger partial charge in [-0.15, -0.1) is 0 Å². The van der Waals surface area contributed by atoms with Crippen molar-refractivity contribution in [1.82, 2.24) is 3.93 Å². The van der Waals surface area contributed by atoms with Gasteiger partial charge in [0.15, 0.2) is 0 Å². The van der Waals surface area contributed by atoms with Gasteiger partial charge in [-0.1, -0.05) is 34.8 Å². The van der Waals surface area contributed by atoms with Crippen molar-refractivity contribution in [3.05, 3.63) is 0 Å². The predicted molar refractivity (Wildman–Crippen MR) is 49.2 cm³/mol. The van der Waals surface area contributed by atoms with Crippen molar-refractivity contribution in [2.24, 2.45) is 5.92 Å². The molecule has 1 heterocycles. The highest BCUT2D eigenvalue weighted by Crippen LogP contribution is 2.41. The lowest BCUT2D eigenvalue weighted by molar-refractivity contribution is -0.132. The minimum Gasteiger partial charge on any atom is -0.273 e. The minimum absolute atomic E-state index is 0.0689. The van der Waals surface area contributed by atoms with Gasteiger partial charge in [-0.3, -0.25) is 9.59 Å². The minimum atomic E-state index is -1.71. The number of carbonyl (C=O) groups excluding carboxylic acids is 2. The fraction of sp³-hybridized carbons (Fsp3) is 0.600. The molecule has 0 spiro atoms. The standard InChI is InChI=1S/C5H3BrCl3NO2/c6-10-3(11)1-2(4(10)12)5(7,8)9/h2H,1H2. The lowest BCUT2D eigenvalue weighted by Gasteiger charge is -2.15. The topological polar surface area (TPSA) is 37.4 Å². The molecule has 1 fully saturated rings. The number of rotatable bonds is 0. The number of imide groups is 1. The second-order valence-corrected chi connectivity index (χ2v) is 5.39. The predicted octanol–water partition coefficient (Wildman–Crippen LogP) is 2.04. The Kier molecular flexibility index (Phi) is 2.93. The molecule has 1 aliphatic rings. The van der Waals surface area contributed by atoms with Crippen LogP contribution in [-0.2, 0) is 9.59 Å². The van der Waals surface area contributed by atoms with E-state index in [9.17, 15) is 9.59 Å². The van der Waals surface area contributed by atoms with Crippen LogP contribution >= 0.6 is 51.0 Å². The van der Waals surface area contributed by atoms with E-state index in [-0.39, 0.29) is 6.42 Å². The van der Waals surface area contributed by atoms with Crippen molar-refractivity contribution in [3.63, 3.8) is 0 Å². The maximum Gasteiger partial charge on any atom is 0.247 e. The van der Waals surface area contributed by atoms with Gasteiger partial charge in [0.1, 0.15) is 0 Å². The Morgan fingerprint density at radius 2 is 1.92 bits per heavy atom. The Hall–Kier alpha value is 0.490. The van der Waals surface area contributed by atoms with E-state index in [0.717, 1.165) is 3.93 Å². The summed E-state index contributed by atoms with van der Waals surface area (Å²) in [6.07, 6.45) is -0.0689. The number of hydrogen-bond donors (Lipinski definition) is 0. The monoisotopic (exact) mass is 293 g/mol. The van der Waals surface area contributed by atoms with Crippen molar-refractivity contribution < 1.29 is 9.59 Å². The van der Waals surface area contributed by atoms with E-state index in [0.29, 0.717) is 0 Å². The molecule has 0 N–H and O–H groups in total. The second kappa shape index (κ2) is 3.33. The first kappa shape index (κ1) is 10.6. The molecule has 0 aromatic heterocycles. The summed E-state index contributed by atoms with van der Waals surface area (Å²) in [7, 11) is 0. The molecule has 1 aliphatic heterocycles. The first-order chi connectivity index (χ1) is 5.34. The number of amides is 2. The van der Waals surface area contributed by atoms with Crippen molar-refractivity contribution in [3.8, 4) is 0 Å². The molecule has 7 heteroatoms. The molecule has 1 unspecified atom stereocenters. The van der Waals surface area contributed by atoms with Crippen LogP contribution < -0.4 is 0 Å². The van der Waals surface area contributed by atoms with Gasteiger partial charge in [-0.25, -0.2) is 3.93 Å². The van der Waals surface area contributed by atoms with E-state index in [1.54, 1.807) is 0 Å².